The van der Waals surface area contributed by atoms with Crippen LogP contribution in [0.15, 0.2) is 36.4 Å². The van der Waals surface area contributed by atoms with Crippen molar-refractivity contribution in [2.75, 3.05) is 0 Å². The Morgan fingerprint density at radius 2 is 1.90 bits per heavy atom. The number of nitrogens with zero attached hydrogens (tertiary/aromatic N) is 1. The van der Waals surface area contributed by atoms with E-state index in [1.807, 2.05) is 36.4 Å². The van der Waals surface area contributed by atoms with Crippen molar-refractivity contribution in [2.45, 2.75) is 44.1 Å². The summed E-state index contributed by atoms with van der Waals surface area (Å²) in [6.45, 7) is 0. The van der Waals surface area contributed by atoms with Crippen molar-refractivity contribution in [2.24, 2.45) is 5.73 Å². The number of carbonyl (C=O) groups excluding carboxylic acids is 1. The van der Waals surface area contributed by atoms with E-state index in [1.165, 1.54) is 0 Å². The quantitative estimate of drug-likeness (QED) is 0.927. The Morgan fingerprint density at radius 3 is 2.70 bits per heavy atom. The molecule has 3 nitrogen and oxygen atoms in total. The van der Waals surface area contributed by atoms with Crippen LogP contribution in [-0.2, 0) is 11.2 Å². The van der Waals surface area contributed by atoms with Gasteiger partial charge in [0.1, 0.15) is 5.78 Å². The number of pyridine rings is 1. The number of Topliss-reactive ketones (excluding diaryl/α,β-unsaturated/α-hetero) is 1. The van der Waals surface area contributed by atoms with Crippen LogP contribution >= 0.6 is 0 Å². The highest BCUT2D eigenvalue weighted by Gasteiger charge is 2.31. The Kier molecular flexibility index (Phi) is 3.53. The summed E-state index contributed by atoms with van der Waals surface area (Å²) in [5.41, 5.74) is 7.80. The zero-order valence-electron chi connectivity index (χ0n) is 11.6. The fraction of sp³-hybridized carbons (Fsp3) is 0.412. The number of rotatable bonds is 4. The number of fused-ring (bicyclic) bond motifs is 1. The minimum absolute atomic E-state index is 0.206. The maximum absolute atomic E-state index is 12.2. The van der Waals surface area contributed by atoms with Gasteiger partial charge < -0.3 is 5.73 Å². The average molecular weight is 268 g/mol. The van der Waals surface area contributed by atoms with E-state index in [-0.39, 0.29) is 11.3 Å². The van der Waals surface area contributed by atoms with Crippen molar-refractivity contribution >= 4 is 16.7 Å². The maximum Gasteiger partial charge on any atom is 0.140 e. The summed E-state index contributed by atoms with van der Waals surface area (Å²) >= 11 is 0. The Hall–Kier alpha value is -1.74. The van der Waals surface area contributed by atoms with Crippen LogP contribution in [0.1, 0.15) is 37.8 Å². The minimum Gasteiger partial charge on any atom is -0.325 e. The molecular formula is C17H20N2O. The molecule has 1 heterocycles. The molecule has 3 heteroatoms. The maximum atomic E-state index is 12.2. The number of aromatic nitrogens is 1. The molecule has 20 heavy (non-hydrogen) atoms. The number of para-hydroxylation sites is 1. The molecule has 1 saturated carbocycles. The second-order valence-corrected chi connectivity index (χ2v) is 5.96. The lowest BCUT2D eigenvalue weighted by Gasteiger charge is -2.22. The fourth-order valence-electron chi connectivity index (χ4n) is 3.12. The standard InChI is InChI=1S/C17H20N2O/c18-17(9-3-4-10-17)12-15(20)11-14-8-7-13-5-1-2-6-16(13)19-14/h1-2,5-8H,3-4,9-12,18H2. The normalized spacial score (nSPS) is 17.4. The van der Waals surface area contributed by atoms with E-state index in [0.717, 1.165) is 42.3 Å². The monoisotopic (exact) mass is 268 g/mol. The third-order valence-electron chi connectivity index (χ3n) is 4.18. The van der Waals surface area contributed by atoms with Gasteiger partial charge in [-0.25, -0.2) is 0 Å². The molecule has 0 saturated heterocycles. The Labute approximate surface area is 119 Å². The molecule has 0 unspecified atom stereocenters. The predicted molar refractivity (Wildman–Crippen MR) is 80.5 cm³/mol. The molecule has 0 radical (unpaired) electrons. The summed E-state index contributed by atoms with van der Waals surface area (Å²) in [4.78, 5) is 16.7. The largest absolute Gasteiger partial charge is 0.325 e. The molecule has 1 fully saturated rings. The van der Waals surface area contributed by atoms with Gasteiger partial charge in [0.05, 0.1) is 5.52 Å². The number of ketones is 1. The highest BCUT2D eigenvalue weighted by molar-refractivity contribution is 5.83. The molecule has 104 valence electrons. The van der Waals surface area contributed by atoms with Crippen LogP contribution in [0.25, 0.3) is 10.9 Å². The Morgan fingerprint density at radius 1 is 1.15 bits per heavy atom. The van der Waals surface area contributed by atoms with Gasteiger partial charge in [-0.05, 0) is 25.0 Å². The van der Waals surface area contributed by atoms with E-state index in [0.29, 0.717) is 12.8 Å². The second-order valence-electron chi connectivity index (χ2n) is 5.96. The SMILES string of the molecule is NC1(CC(=O)Cc2ccc3ccccc3n2)CCCC1. The molecule has 2 N–H and O–H groups in total. The first kappa shape index (κ1) is 13.3. The van der Waals surface area contributed by atoms with Gasteiger partial charge in [0.15, 0.2) is 0 Å². The Bertz CT molecular complexity index is 630. The molecule has 1 aliphatic rings. The lowest BCUT2D eigenvalue weighted by atomic mass is 9.91. The van der Waals surface area contributed by atoms with E-state index >= 15 is 0 Å². The first-order valence-corrected chi connectivity index (χ1v) is 7.30. The van der Waals surface area contributed by atoms with Crippen LogP contribution < -0.4 is 5.73 Å². The van der Waals surface area contributed by atoms with Crippen molar-refractivity contribution in [1.29, 1.82) is 0 Å². The van der Waals surface area contributed by atoms with Gasteiger partial charge in [-0.15, -0.1) is 0 Å². The molecule has 0 amide bonds. The molecule has 1 aromatic carbocycles. The van der Waals surface area contributed by atoms with Gasteiger partial charge in [0.2, 0.25) is 0 Å². The molecule has 0 spiro atoms. The van der Waals surface area contributed by atoms with Crippen LogP contribution in [0.4, 0.5) is 0 Å². The zero-order valence-corrected chi connectivity index (χ0v) is 11.6. The van der Waals surface area contributed by atoms with Crippen molar-refractivity contribution in [1.82, 2.24) is 4.98 Å². The van der Waals surface area contributed by atoms with Crippen molar-refractivity contribution in [3.63, 3.8) is 0 Å². The van der Waals surface area contributed by atoms with Crippen LogP contribution in [0.3, 0.4) is 0 Å². The number of nitrogens with two attached hydrogens (primary N) is 1. The highest BCUT2D eigenvalue weighted by Crippen LogP contribution is 2.30. The van der Waals surface area contributed by atoms with E-state index < -0.39 is 0 Å². The summed E-state index contributed by atoms with van der Waals surface area (Å²) in [6, 6.07) is 11.9. The van der Waals surface area contributed by atoms with Crippen molar-refractivity contribution < 1.29 is 4.79 Å². The smallest absolute Gasteiger partial charge is 0.140 e. The third kappa shape index (κ3) is 2.88. The van der Waals surface area contributed by atoms with E-state index in [2.05, 4.69) is 4.98 Å². The van der Waals surface area contributed by atoms with E-state index in [1.54, 1.807) is 0 Å². The zero-order chi connectivity index (χ0) is 14.0. The number of carbonyl (C=O) groups is 1. The van der Waals surface area contributed by atoms with Gasteiger partial charge >= 0.3 is 0 Å². The van der Waals surface area contributed by atoms with E-state index in [4.69, 9.17) is 5.73 Å². The second kappa shape index (κ2) is 5.33. The van der Waals surface area contributed by atoms with Gasteiger partial charge in [0.25, 0.3) is 0 Å². The molecule has 2 aromatic rings. The number of hydrogen-bond acceptors (Lipinski definition) is 3. The van der Waals surface area contributed by atoms with E-state index in [9.17, 15) is 4.79 Å². The molecule has 1 aliphatic carbocycles. The predicted octanol–water partition coefficient (Wildman–Crippen LogP) is 3.01. The first-order valence-electron chi connectivity index (χ1n) is 7.30. The third-order valence-corrected chi connectivity index (χ3v) is 4.18. The van der Waals surface area contributed by atoms with Crippen LogP contribution in [0, 0.1) is 0 Å². The van der Waals surface area contributed by atoms with Crippen LogP contribution in [0.2, 0.25) is 0 Å². The van der Waals surface area contributed by atoms with Gasteiger partial charge in [-0.2, -0.15) is 0 Å². The molecule has 0 bridgehead atoms. The summed E-state index contributed by atoms with van der Waals surface area (Å²) in [5.74, 6) is 0.206. The molecule has 1 aromatic heterocycles. The van der Waals surface area contributed by atoms with Gasteiger partial charge in [-0.1, -0.05) is 37.1 Å². The summed E-state index contributed by atoms with van der Waals surface area (Å²) in [6.07, 6.45) is 5.13. The lowest BCUT2D eigenvalue weighted by molar-refractivity contribution is -0.119. The first-order chi connectivity index (χ1) is 9.65. The topological polar surface area (TPSA) is 56.0 Å². The highest BCUT2D eigenvalue weighted by atomic mass is 16.1. The summed E-state index contributed by atoms with van der Waals surface area (Å²) < 4.78 is 0. The summed E-state index contributed by atoms with van der Waals surface area (Å²) in [7, 11) is 0. The van der Waals surface area contributed by atoms with Crippen molar-refractivity contribution in [3.05, 3.63) is 42.1 Å². The molecule has 0 aliphatic heterocycles. The number of benzene rings is 1. The average Bonchev–Trinajstić information content (AvgIpc) is 2.84. The molecule has 0 atom stereocenters. The van der Waals surface area contributed by atoms with Crippen LogP contribution in [-0.4, -0.2) is 16.3 Å². The number of hydrogen-bond donors (Lipinski definition) is 1. The summed E-state index contributed by atoms with van der Waals surface area (Å²) in [5, 5.41) is 1.11. The fourth-order valence-corrected chi connectivity index (χ4v) is 3.12. The molecule has 3 rings (SSSR count). The molecular weight excluding hydrogens is 248 g/mol. The van der Waals surface area contributed by atoms with Crippen LogP contribution in [0.5, 0.6) is 0 Å². The lowest BCUT2D eigenvalue weighted by Crippen LogP contribution is -2.39. The van der Waals surface area contributed by atoms with Gasteiger partial charge in [0, 0.05) is 29.5 Å². The Balaban J connectivity index is 1.70. The van der Waals surface area contributed by atoms with Gasteiger partial charge in [-0.3, -0.25) is 9.78 Å². The minimum atomic E-state index is -0.256. The van der Waals surface area contributed by atoms with Crippen molar-refractivity contribution in [3.8, 4) is 0 Å².